The van der Waals surface area contributed by atoms with Crippen molar-refractivity contribution in [3.05, 3.63) is 0 Å². The van der Waals surface area contributed by atoms with Crippen molar-refractivity contribution in [1.82, 2.24) is 15.5 Å². The van der Waals surface area contributed by atoms with Crippen LogP contribution in [0.1, 0.15) is 20.3 Å². The van der Waals surface area contributed by atoms with Gasteiger partial charge in [-0.15, -0.1) is 0 Å². The van der Waals surface area contributed by atoms with E-state index >= 15 is 0 Å². The zero-order valence-corrected chi connectivity index (χ0v) is 11.9. The largest absolute Gasteiger partial charge is 0.379 e. The van der Waals surface area contributed by atoms with E-state index in [2.05, 4.69) is 29.4 Å². The smallest absolute Gasteiger partial charge is 0.227 e. The molecule has 2 unspecified atom stereocenters. The van der Waals surface area contributed by atoms with Crippen LogP contribution in [0.4, 0.5) is 0 Å². The lowest BCUT2D eigenvalue weighted by molar-refractivity contribution is -0.125. The number of rotatable bonds is 8. The molecule has 0 aromatic heterocycles. The molecule has 5 heteroatoms. The average Bonchev–Trinajstić information content (AvgIpc) is 2.87. The molecule has 0 aromatic carbocycles. The van der Waals surface area contributed by atoms with Gasteiger partial charge in [-0.1, -0.05) is 13.8 Å². The van der Waals surface area contributed by atoms with Crippen molar-refractivity contribution in [1.29, 1.82) is 0 Å². The Morgan fingerprint density at radius 2 is 2.06 bits per heavy atom. The second kappa shape index (κ2) is 8.45. The van der Waals surface area contributed by atoms with Crippen molar-refractivity contribution in [2.24, 2.45) is 5.92 Å². The first kappa shape index (κ1) is 15.4. The quantitative estimate of drug-likeness (QED) is 0.604. The summed E-state index contributed by atoms with van der Waals surface area (Å²) < 4.78 is 5.33. The molecule has 0 saturated carbocycles. The summed E-state index contributed by atoms with van der Waals surface area (Å²) in [5, 5.41) is 6.13. The minimum Gasteiger partial charge on any atom is -0.379 e. The summed E-state index contributed by atoms with van der Waals surface area (Å²) in [5.41, 5.74) is 0. The minimum atomic E-state index is -0.0385. The van der Waals surface area contributed by atoms with Gasteiger partial charge in [0.05, 0.1) is 19.1 Å². The minimum absolute atomic E-state index is 0.0385. The van der Waals surface area contributed by atoms with Crippen molar-refractivity contribution >= 4 is 5.91 Å². The molecule has 1 amide bonds. The summed E-state index contributed by atoms with van der Waals surface area (Å²) in [6, 6.07) is 0.160. The van der Waals surface area contributed by atoms with Crippen LogP contribution in [0.15, 0.2) is 0 Å². The number of nitrogens with one attached hydrogen (secondary N) is 2. The molecular formula is C13H27N3O2. The van der Waals surface area contributed by atoms with Gasteiger partial charge in [0.1, 0.15) is 0 Å². The Labute approximate surface area is 110 Å². The Bertz CT molecular complexity index is 244. The molecule has 0 aromatic rings. The Morgan fingerprint density at radius 1 is 1.33 bits per heavy atom. The normalized spacial score (nSPS) is 23.6. The Hall–Kier alpha value is -0.650. The molecular weight excluding hydrogens is 230 g/mol. The third-order valence-corrected chi connectivity index (χ3v) is 3.63. The molecule has 18 heavy (non-hydrogen) atoms. The summed E-state index contributed by atoms with van der Waals surface area (Å²) in [5.74, 6) is 0.0786. The van der Waals surface area contributed by atoms with Gasteiger partial charge >= 0.3 is 0 Å². The number of ether oxygens (including phenoxy) is 1. The second-order valence-electron chi connectivity index (χ2n) is 4.71. The van der Waals surface area contributed by atoms with Gasteiger partial charge in [0.15, 0.2) is 0 Å². The van der Waals surface area contributed by atoms with E-state index in [1.807, 2.05) is 7.05 Å². The molecule has 0 bridgehead atoms. The van der Waals surface area contributed by atoms with E-state index in [0.29, 0.717) is 13.2 Å². The molecule has 1 heterocycles. The highest BCUT2D eigenvalue weighted by Crippen LogP contribution is 2.13. The molecule has 1 rings (SSSR count). The Balaban J connectivity index is 2.17. The number of carbonyl (C=O) groups excluding carboxylic acids is 1. The number of hydrogen-bond donors (Lipinski definition) is 2. The van der Waals surface area contributed by atoms with Crippen LogP contribution in [0.5, 0.6) is 0 Å². The van der Waals surface area contributed by atoms with Crippen LogP contribution < -0.4 is 10.6 Å². The molecule has 1 saturated heterocycles. The number of hydrogen-bond acceptors (Lipinski definition) is 4. The van der Waals surface area contributed by atoms with Crippen LogP contribution in [0.2, 0.25) is 0 Å². The predicted octanol–water partition coefficient (Wildman–Crippen LogP) is 0.0689. The Morgan fingerprint density at radius 3 is 2.67 bits per heavy atom. The van der Waals surface area contributed by atoms with Gasteiger partial charge in [-0.3, -0.25) is 4.79 Å². The zero-order chi connectivity index (χ0) is 13.4. The van der Waals surface area contributed by atoms with E-state index in [1.165, 1.54) is 0 Å². The van der Waals surface area contributed by atoms with E-state index in [4.69, 9.17) is 4.74 Å². The lowest BCUT2D eigenvalue weighted by atomic mass is 10.0. The van der Waals surface area contributed by atoms with Crippen LogP contribution in [0.25, 0.3) is 0 Å². The number of carbonyl (C=O) groups is 1. The SMILES string of the molecule is CCN(CC)CCCNC(=O)C1COCC1NC. The summed E-state index contributed by atoms with van der Waals surface area (Å²) >= 11 is 0. The monoisotopic (exact) mass is 257 g/mol. The van der Waals surface area contributed by atoms with E-state index in [-0.39, 0.29) is 17.9 Å². The van der Waals surface area contributed by atoms with Gasteiger partial charge in [-0.2, -0.15) is 0 Å². The maximum Gasteiger partial charge on any atom is 0.227 e. The summed E-state index contributed by atoms with van der Waals surface area (Å²) in [7, 11) is 1.88. The predicted molar refractivity (Wildman–Crippen MR) is 72.6 cm³/mol. The summed E-state index contributed by atoms with van der Waals surface area (Å²) in [4.78, 5) is 14.3. The number of amides is 1. The summed E-state index contributed by atoms with van der Waals surface area (Å²) in [6.07, 6.45) is 1.01. The van der Waals surface area contributed by atoms with Gasteiger partial charge < -0.3 is 20.3 Å². The molecule has 2 atom stereocenters. The van der Waals surface area contributed by atoms with E-state index in [9.17, 15) is 4.79 Å². The van der Waals surface area contributed by atoms with Crippen LogP contribution in [0.3, 0.4) is 0 Å². The van der Waals surface area contributed by atoms with Crippen LogP contribution in [-0.4, -0.2) is 63.3 Å². The van der Waals surface area contributed by atoms with Gasteiger partial charge in [-0.25, -0.2) is 0 Å². The topological polar surface area (TPSA) is 53.6 Å². The highest BCUT2D eigenvalue weighted by molar-refractivity contribution is 5.79. The lowest BCUT2D eigenvalue weighted by Gasteiger charge is -2.19. The number of likely N-dealkylation sites (N-methyl/N-ethyl adjacent to an activating group) is 1. The fourth-order valence-electron chi connectivity index (χ4n) is 2.28. The molecule has 0 spiro atoms. The first-order chi connectivity index (χ1) is 8.72. The standard InChI is InChI=1S/C13H27N3O2/c1-4-16(5-2)8-6-7-15-13(17)11-9-18-10-12(11)14-3/h11-12,14H,4-10H2,1-3H3,(H,15,17). The number of nitrogens with zero attached hydrogens (tertiary/aromatic N) is 1. The molecule has 0 aliphatic carbocycles. The molecule has 1 fully saturated rings. The highest BCUT2D eigenvalue weighted by atomic mass is 16.5. The molecule has 1 aliphatic rings. The Kier molecular flexibility index (Phi) is 7.23. The average molecular weight is 257 g/mol. The zero-order valence-electron chi connectivity index (χ0n) is 11.9. The fraction of sp³-hybridized carbons (Fsp3) is 0.923. The van der Waals surface area contributed by atoms with Crippen LogP contribution in [0, 0.1) is 5.92 Å². The van der Waals surface area contributed by atoms with Crippen LogP contribution in [-0.2, 0) is 9.53 Å². The highest BCUT2D eigenvalue weighted by Gasteiger charge is 2.32. The van der Waals surface area contributed by atoms with E-state index in [0.717, 1.165) is 32.6 Å². The van der Waals surface area contributed by atoms with E-state index in [1.54, 1.807) is 0 Å². The van der Waals surface area contributed by atoms with Crippen molar-refractivity contribution in [2.75, 3.05) is 46.4 Å². The first-order valence-corrected chi connectivity index (χ1v) is 6.98. The van der Waals surface area contributed by atoms with Crippen LogP contribution >= 0.6 is 0 Å². The third kappa shape index (κ3) is 4.55. The second-order valence-corrected chi connectivity index (χ2v) is 4.71. The van der Waals surface area contributed by atoms with Gasteiger partial charge in [-0.05, 0) is 33.1 Å². The van der Waals surface area contributed by atoms with Gasteiger partial charge in [0.25, 0.3) is 0 Å². The van der Waals surface area contributed by atoms with Crippen molar-refractivity contribution < 1.29 is 9.53 Å². The van der Waals surface area contributed by atoms with E-state index < -0.39 is 0 Å². The van der Waals surface area contributed by atoms with Gasteiger partial charge in [0.2, 0.25) is 5.91 Å². The van der Waals surface area contributed by atoms with Crippen molar-refractivity contribution in [3.8, 4) is 0 Å². The van der Waals surface area contributed by atoms with Crippen molar-refractivity contribution in [2.45, 2.75) is 26.3 Å². The molecule has 106 valence electrons. The molecule has 1 aliphatic heterocycles. The maximum absolute atomic E-state index is 12.0. The summed E-state index contributed by atoms with van der Waals surface area (Å²) in [6.45, 7) is 9.43. The maximum atomic E-state index is 12.0. The fourth-order valence-corrected chi connectivity index (χ4v) is 2.28. The lowest BCUT2D eigenvalue weighted by Crippen LogP contribution is -2.43. The van der Waals surface area contributed by atoms with Crippen molar-refractivity contribution in [3.63, 3.8) is 0 Å². The molecule has 2 N–H and O–H groups in total. The molecule has 0 radical (unpaired) electrons. The third-order valence-electron chi connectivity index (χ3n) is 3.63. The molecule has 5 nitrogen and oxygen atoms in total. The first-order valence-electron chi connectivity index (χ1n) is 6.98. The van der Waals surface area contributed by atoms with Gasteiger partial charge in [0, 0.05) is 12.6 Å².